The number of hydrazone groups is 1. The Labute approximate surface area is 175 Å². The maximum absolute atomic E-state index is 4.90. The third kappa shape index (κ3) is 5.99. The Balaban J connectivity index is 1.74. The molecule has 1 aliphatic carbocycles. The number of rotatable bonds is 10. The molecule has 0 unspecified atom stereocenters. The van der Waals surface area contributed by atoms with Gasteiger partial charge < -0.3 is 10.1 Å². The highest BCUT2D eigenvalue weighted by atomic mass is 32.2. The number of aromatic nitrogens is 3. The number of methoxy groups -OCH3 is 1. The Kier molecular flexibility index (Phi) is 7.13. The topological polar surface area (TPSA) is 75.8 Å². The van der Waals surface area contributed by atoms with Crippen LogP contribution < -0.4 is 10.7 Å². The van der Waals surface area contributed by atoms with E-state index in [1.54, 1.807) is 17.9 Å². The van der Waals surface area contributed by atoms with Crippen LogP contribution in [-0.4, -0.2) is 27.4 Å². The second-order valence-corrected chi connectivity index (χ2v) is 7.58. The summed E-state index contributed by atoms with van der Waals surface area (Å²) in [5.74, 6) is 1.85. The van der Waals surface area contributed by atoms with E-state index in [0.29, 0.717) is 22.7 Å². The molecule has 8 heteroatoms. The molecular weight excluding hydrogens is 384 g/mol. The van der Waals surface area contributed by atoms with Gasteiger partial charge in [-0.3, -0.25) is 5.43 Å². The van der Waals surface area contributed by atoms with Crippen LogP contribution in [0.1, 0.15) is 26.7 Å². The van der Waals surface area contributed by atoms with Crippen LogP contribution in [-0.2, 0) is 4.74 Å². The average Bonchev–Trinajstić information content (AvgIpc) is 3.46. The zero-order valence-corrected chi connectivity index (χ0v) is 17.7. The van der Waals surface area contributed by atoms with Gasteiger partial charge in [-0.1, -0.05) is 18.7 Å². The maximum Gasteiger partial charge on any atom is 0.214 e. The molecule has 1 fully saturated rings. The molecule has 1 saturated carbocycles. The lowest BCUT2D eigenvalue weighted by atomic mass is 10.3. The highest BCUT2D eigenvalue weighted by Crippen LogP contribution is 2.30. The molecule has 3 rings (SSSR count). The van der Waals surface area contributed by atoms with Crippen molar-refractivity contribution in [2.24, 2.45) is 11.0 Å². The Morgan fingerprint density at radius 3 is 2.97 bits per heavy atom. The Morgan fingerprint density at radius 1 is 1.41 bits per heavy atom. The summed E-state index contributed by atoms with van der Waals surface area (Å²) in [7, 11) is 1.62. The monoisotopic (exact) mass is 410 g/mol. The first kappa shape index (κ1) is 20.7. The van der Waals surface area contributed by atoms with Crippen LogP contribution in [0.2, 0.25) is 0 Å². The Hall–Kier alpha value is -3.00. The third-order valence-corrected chi connectivity index (χ3v) is 5.22. The van der Waals surface area contributed by atoms with Crippen molar-refractivity contribution in [3.8, 4) is 0 Å². The summed E-state index contributed by atoms with van der Waals surface area (Å²) < 4.78 is 6.70. The first-order chi connectivity index (χ1) is 14.1. The second kappa shape index (κ2) is 9.97. The van der Waals surface area contributed by atoms with E-state index in [9.17, 15) is 0 Å². The van der Waals surface area contributed by atoms with Gasteiger partial charge in [0.25, 0.3) is 0 Å². The molecule has 29 heavy (non-hydrogen) atoms. The van der Waals surface area contributed by atoms with Crippen molar-refractivity contribution in [3.05, 3.63) is 66.2 Å². The van der Waals surface area contributed by atoms with Gasteiger partial charge in [-0.2, -0.15) is 5.10 Å². The zero-order chi connectivity index (χ0) is 20.6. The van der Waals surface area contributed by atoms with Crippen molar-refractivity contribution >= 4 is 28.8 Å². The molecular formula is C21H26N6OS. The lowest BCUT2D eigenvalue weighted by molar-refractivity contribution is 0.338. The molecule has 1 aliphatic rings. The fraction of sp³-hybridized carbons (Fsp3) is 0.286. The molecule has 2 aromatic heterocycles. The van der Waals surface area contributed by atoms with E-state index >= 15 is 0 Å². The molecule has 0 radical (unpaired) electrons. The third-order valence-electron chi connectivity index (χ3n) is 4.26. The van der Waals surface area contributed by atoms with Gasteiger partial charge in [0.2, 0.25) is 5.16 Å². The number of hydrogen-bond donors (Lipinski definition) is 2. The quantitative estimate of drug-likeness (QED) is 0.194. The summed E-state index contributed by atoms with van der Waals surface area (Å²) in [6.45, 7) is 8.03. The number of allylic oxidation sites excluding steroid dienone is 4. The molecule has 0 aliphatic heterocycles. The predicted molar refractivity (Wildman–Crippen MR) is 120 cm³/mol. The number of fused-ring (bicyclic) bond motifs is 1. The standard InChI is InChI=1S/C21H26N6OS/c1-5-18(9-6-7-14-28-4)29-21-23-20(19-10-8-13-27(19)26-21)22-16(3)25-24-15(2)17-11-12-17/h5-10,13-14,17,25H,3,11-12H2,1-2,4H3,(H,22,23,26)/b9-6-,14-7+,18-5+,24-15+. The zero-order valence-electron chi connectivity index (χ0n) is 16.9. The molecule has 2 N–H and O–H groups in total. The molecule has 2 heterocycles. The summed E-state index contributed by atoms with van der Waals surface area (Å²) in [4.78, 5) is 5.69. The lowest BCUT2D eigenvalue weighted by Gasteiger charge is -2.11. The van der Waals surface area contributed by atoms with E-state index in [4.69, 9.17) is 4.74 Å². The molecule has 7 nitrogen and oxygen atoms in total. The van der Waals surface area contributed by atoms with Gasteiger partial charge in [0.05, 0.1) is 13.4 Å². The number of hydrogen-bond acceptors (Lipinski definition) is 7. The molecule has 0 saturated heterocycles. The van der Waals surface area contributed by atoms with Crippen LogP contribution in [0, 0.1) is 5.92 Å². The number of anilines is 1. The molecule has 0 amide bonds. The van der Waals surface area contributed by atoms with Crippen molar-refractivity contribution in [2.45, 2.75) is 31.8 Å². The summed E-state index contributed by atoms with van der Waals surface area (Å²) in [5, 5.41) is 12.8. The minimum atomic E-state index is 0.568. The van der Waals surface area contributed by atoms with Gasteiger partial charge in [-0.25, -0.2) is 9.50 Å². The van der Waals surface area contributed by atoms with E-state index in [-0.39, 0.29) is 0 Å². The number of thioether (sulfide) groups is 1. The minimum Gasteiger partial charge on any atom is -0.504 e. The van der Waals surface area contributed by atoms with Crippen molar-refractivity contribution in [3.63, 3.8) is 0 Å². The molecule has 152 valence electrons. The fourth-order valence-corrected chi connectivity index (χ4v) is 3.28. The SMILES string of the molecule is C=C(N/N=C(\C)C1CC1)Nc1nc(SC(/C=C\C=C\OC)=C/C)nn2cccc12. The number of nitrogens with zero attached hydrogens (tertiary/aromatic N) is 4. The predicted octanol–water partition coefficient (Wildman–Crippen LogP) is 4.70. The van der Waals surface area contributed by atoms with Crippen molar-refractivity contribution < 1.29 is 4.74 Å². The van der Waals surface area contributed by atoms with Crippen LogP contribution in [0.3, 0.4) is 0 Å². The second-order valence-electron chi connectivity index (χ2n) is 6.54. The van der Waals surface area contributed by atoms with Crippen LogP contribution >= 0.6 is 11.8 Å². The van der Waals surface area contributed by atoms with E-state index in [0.717, 1.165) is 16.1 Å². The van der Waals surface area contributed by atoms with Gasteiger partial charge in [0.15, 0.2) is 5.82 Å². The average molecular weight is 411 g/mol. The number of nitrogens with one attached hydrogen (secondary N) is 2. The maximum atomic E-state index is 4.90. The molecule has 0 bridgehead atoms. The van der Waals surface area contributed by atoms with Gasteiger partial charge in [-0.15, -0.1) is 5.10 Å². The Bertz CT molecular complexity index is 984. The van der Waals surface area contributed by atoms with Gasteiger partial charge in [-0.05, 0) is 68.7 Å². The summed E-state index contributed by atoms with van der Waals surface area (Å²) in [6.07, 6.45) is 13.7. The fourth-order valence-electron chi connectivity index (χ4n) is 2.54. The smallest absolute Gasteiger partial charge is 0.214 e. The highest BCUT2D eigenvalue weighted by molar-refractivity contribution is 8.03. The minimum absolute atomic E-state index is 0.568. The Morgan fingerprint density at radius 2 is 2.24 bits per heavy atom. The van der Waals surface area contributed by atoms with Crippen LogP contribution in [0.4, 0.5) is 5.82 Å². The molecule has 2 aromatic rings. The lowest BCUT2D eigenvalue weighted by Crippen LogP contribution is -2.16. The van der Waals surface area contributed by atoms with Crippen molar-refractivity contribution in [1.82, 2.24) is 20.0 Å². The van der Waals surface area contributed by atoms with Gasteiger partial charge >= 0.3 is 0 Å². The van der Waals surface area contributed by atoms with E-state index in [2.05, 4.69) is 32.5 Å². The van der Waals surface area contributed by atoms with Crippen LogP contribution in [0.15, 0.2) is 76.5 Å². The summed E-state index contributed by atoms with van der Waals surface area (Å²) in [6, 6.07) is 3.88. The first-order valence-electron chi connectivity index (χ1n) is 9.42. The van der Waals surface area contributed by atoms with Crippen molar-refractivity contribution in [1.29, 1.82) is 0 Å². The number of ether oxygens (including phenoxy) is 1. The summed E-state index contributed by atoms with van der Waals surface area (Å²) >= 11 is 1.48. The van der Waals surface area contributed by atoms with Gasteiger partial charge in [0, 0.05) is 16.8 Å². The molecule has 0 aromatic carbocycles. The molecule has 0 atom stereocenters. The van der Waals surface area contributed by atoms with Crippen molar-refractivity contribution in [2.75, 3.05) is 12.4 Å². The van der Waals surface area contributed by atoms with E-state index < -0.39 is 0 Å². The normalized spacial score (nSPS) is 15.4. The van der Waals surface area contributed by atoms with Gasteiger partial charge in [0.1, 0.15) is 11.3 Å². The first-order valence-corrected chi connectivity index (χ1v) is 10.2. The highest BCUT2D eigenvalue weighted by Gasteiger charge is 2.24. The van der Waals surface area contributed by atoms with Crippen LogP contribution in [0.5, 0.6) is 0 Å². The van der Waals surface area contributed by atoms with E-state index in [1.807, 2.05) is 56.5 Å². The summed E-state index contributed by atoms with van der Waals surface area (Å²) in [5.41, 5.74) is 4.95. The van der Waals surface area contributed by atoms with E-state index in [1.165, 1.54) is 24.6 Å². The molecule has 0 spiro atoms. The van der Waals surface area contributed by atoms with Crippen LogP contribution in [0.25, 0.3) is 5.52 Å². The largest absolute Gasteiger partial charge is 0.504 e.